The quantitative estimate of drug-likeness (QED) is 0.385. The lowest BCUT2D eigenvalue weighted by atomic mass is 10.1. The summed E-state index contributed by atoms with van der Waals surface area (Å²) < 4.78 is 0. The number of nitrogens with two attached hydrogens (primary N) is 1. The van der Waals surface area contributed by atoms with Crippen LogP contribution in [0.5, 0.6) is 0 Å². The molecule has 0 aromatic rings. The predicted molar refractivity (Wildman–Crippen MR) is 53.2 cm³/mol. The minimum absolute atomic E-state index is 0.403. The SMILES string of the molecule is CCC[SiH3].NC(CO)(CO)CO. The van der Waals surface area contributed by atoms with E-state index in [-0.39, 0.29) is 0 Å². The van der Waals surface area contributed by atoms with Gasteiger partial charge in [0, 0.05) is 10.2 Å². The third-order valence-corrected chi connectivity index (χ3v) is 2.44. The van der Waals surface area contributed by atoms with Crippen molar-refractivity contribution in [3.8, 4) is 0 Å². The van der Waals surface area contributed by atoms with Gasteiger partial charge in [-0.05, 0) is 0 Å². The highest BCUT2D eigenvalue weighted by atomic mass is 28.1. The summed E-state index contributed by atoms with van der Waals surface area (Å²) in [7, 11) is 1.39. The van der Waals surface area contributed by atoms with Gasteiger partial charge in [-0.25, -0.2) is 0 Å². The molecule has 0 heterocycles. The molecule has 0 aromatic carbocycles. The van der Waals surface area contributed by atoms with E-state index in [4.69, 9.17) is 21.1 Å². The van der Waals surface area contributed by atoms with Crippen LogP contribution in [0.3, 0.4) is 0 Å². The second kappa shape index (κ2) is 9.15. The van der Waals surface area contributed by atoms with Crippen LogP contribution in [0.2, 0.25) is 6.04 Å². The van der Waals surface area contributed by atoms with Crippen LogP contribution in [0.25, 0.3) is 0 Å². The molecule has 0 bridgehead atoms. The Balaban J connectivity index is 0. The van der Waals surface area contributed by atoms with Crippen LogP contribution in [0.1, 0.15) is 13.3 Å². The lowest BCUT2D eigenvalue weighted by Crippen LogP contribution is -2.50. The van der Waals surface area contributed by atoms with Gasteiger partial charge in [0.05, 0.1) is 25.4 Å². The van der Waals surface area contributed by atoms with Crippen molar-refractivity contribution < 1.29 is 15.3 Å². The summed E-state index contributed by atoms with van der Waals surface area (Å²) in [6, 6.07) is 1.46. The molecular weight excluding hydrogens is 174 g/mol. The summed E-state index contributed by atoms with van der Waals surface area (Å²) in [4.78, 5) is 0. The third kappa shape index (κ3) is 8.16. The molecule has 76 valence electrons. The lowest BCUT2D eigenvalue weighted by Gasteiger charge is -2.20. The molecule has 0 saturated carbocycles. The van der Waals surface area contributed by atoms with Gasteiger partial charge in [0.25, 0.3) is 0 Å². The Morgan fingerprint density at radius 2 is 1.42 bits per heavy atom. The Morgan fingerprint density at radius 1 is 1.17 bits per heavy atom. The number of rotatable bonds is 4. The topological polar surface area (TPSA) is 86.7 Å². The summed E-state index contributed by atoms with van der Waals surface area (Å²) in [6.45, 7) is 1.01. The molecule has 0 aliphatic rings. The van der Waals surface area contributed by atoms with Gasteiger partial charge in [0.2, 0.25) is 0 Å². The molecule has 0 spiro atoms. The van der Waals surface area contributed by atoms with E-state index in [1.54, 1.807) is 0 Å². The summed E-state index contributed by atoms with van der Waals surface area (Å²) in [5.41, 5.74) is 3.94. The van der Waals surface area contributed by atoms with Crippen molar-refractivity contribution in [3.63, 3.8) is 0 Å². The molecule has 0 saturated heterocycles. The molecule has 0 unspecified atom stereocenters. The van der Waals surface area contributed by atoms with Crippen LogP contribution in [0, 0.1) is 0 Å². The molecule has 5 N–H and O–H groups in total. The van der Waals surface area contributed by atoms with Crippen LogP contribution < -0.4 is 5.73 Å². The Bertz CT molecular complexity index is 78.5. The van der Waals surface area contributed by atoms with E-state index in [0.717, 1.165) is 0 Å². The van der Waals surface area contributed by atoms with Crippen molar-refractivity contribution in [3.05, 3.63) is 0 Å². The molecule has 0 aliphatic carbocycles. The summed E-state index contributed by atoms with van der Waals surface area (Å²) in [6.07, 6.45) is 1.38. The van der Waals surface area contributed by atoms with E-state index in [0.29, 0.717) is 0 Å². The number of aliphatic hydroxyl groups excluding tert-OH is 3. The van der Waals surface area contributed by atoms with Gasteiger partial charge in [-0.1, -0.05) is 19.4 Å². The highest BCUT2D eigenvalue weighted by Gasteiger charge is 2.20. The summed E-state index contributed by atoms with van der Waals surface area (Å²) in [5.74, 6) is 0. The molecule has 0 atom stereocenters. The molecule has 4 nitrogen and oxygen atoms in total. The zero-order valence-corrected chi connectivity index (χ0v) is 9.95. The maximum absolute atomic E-state index is 8.34. The van der Waals surface area contributed by atoms with Gasteiger partial charge in [-0.3, -0.25) is 0 Å². The Hall–Kier alpha value is 0.0569. The van der Waals surface area contributed by atoms with Crippen LogP contribution >= 0.6 is 0 Å². The first-order valence-corrected chi connectivity index (χ1v) is 5.63. The molecule has 0 aromatic heterocycles. The second-order valence-electron chi connectivity index (χ2n) is 2.84. The fourth-order valence-corrected chi connectivity index (χ4v) is 0.150. The molecule has 12 heavy (non-hydrogen) atoms. The Morgan fingerprint density at radius 3 is 1.42 bits per heavy atom. The number of hydrogen-bond donors (Lipinski definition) is 4. The Kier molecular flexibility index (Phi) is 11.1. The van der Waals surface area contributed by atoms with E-state index >= 15 is 0 Å². The average molecular weight is 195 g/mol. The first kappa shape index (κ1) is 14.6. The first-order chi connectivity index (χ1) is 5.60. The fourth-order valence-electron chi connectivity index (χ4n) is 0.150. The highest BCUT2D eigenvalue weighted by molar-refractivity contribution is 6.08. The largest absolute Gasteiger partial charge is 0.394 e. The molecule has 0 rings (SSSR count). The van der Waals surface area contributed by atoms with Crippen molar-refractivity contribution in [2.24, 2.45) is 5.73 Å². The van der Waals surface area contributed by atoms with Crippen molar-refractivity contribution in [1.29, 1.82) is 0 Å². The van der Waals surface area contributed by atoms with Gasteiger partial charge in [-0.2, -0.15) is 0 Å². The number of aliphatic hydroxyl groups is 3. The average Bonchev–Trinajstić information content (AvgIpc) is 2.17. The van der Waals surface area contributed by atoms with E-state index in [9.17, 15) is 0 Å². The normalized spacial score (nSPS) is 10.8. The second-order valence-corrected chi connectivity index (χ2v) is 3.84. The maximum atomic E-state index is 8.34. The van der Waals surface area contributed by atoms with Crippen LogP contribution in [0.4, 0.5) is 0 Å². The molecular formula is C7H21NO3Si. The smallest absolute Gasteiger partial charge is 0.0856 e. The lowest BCUT2D eigenvalue weighted by molar-refractivity contribution is 0.0698. The molecule has 0 aliphatic heterocycles. The van der Waals surface area contributed by atoms with Crippen LogP contribution in [0.15, 0.2) is 0 Å². The van der Waals surface area contributed by atoms with Gasteiger partial charge in [0.15, 0.2) is 0 Å². The van der Waals surface area contributed by atoms with Crippen LogP contribution in [-0.2, 0) is 0 Å². The zero-order chi connectivity index (χ0) is 10.0. The van der Waals surface area contributed by atoms with E-state index in [1.165, 1.54) is 22.7 Å². The molecule has 0 fully saturated rings. The van der Waals surface area contributed by atoms with Gasteiger partial charge >= 0.3 is 0 Å². The molecule has 0 amide bonds. The Labute approximate surface area is 76.8 Å². The molecule has 0 radical (unpaired) electrons. The minimum atomic E-state index is -1.21. The minimum Gasteiger partial charge on any atom is -0.394 e. The molecule has 5 heteroatoms. The van der Waals surface area contributed by atoms with Crippen molar-refractivity contribution in [2.75, 3.05) is 19.8 Å². The summed E-state index contributed by atoms with van der Waals surface area (Å²) >= 11 is 0. The maximum Gasteiger partial charge on any atom is 0.0856 e. The van der Waals surface area contributed by atoms with Crippen molar-refractivity contribution >= 4 is 10.2 Å². The predicted octanol–water partition coefficient (Wildman–Crippen LogP) is -2.16. The van der Waals surface area contributed by atoms with Crippen molar-refractivity contribution in [2.45, 2.75) is 24.9 Å². The highest BCUT2D eigenvalue weighted by Crippen LogP contribution is 1.93. The van der Waals surface area contributed by atoms with E-state index in [1.807, 2.05) is 0 Å². The fraction of sp³-hybridized carbons (Fsp3) is 1.00. The van der Waals surface area contributed by atoms with Gasteiger partial charge < -0.3 is 21.1 Å². The zero-order valence-electron chi connectivity index (χ0n) is 7.95. The van der Waals surface area contributed by atoms with Crippen LogP contribution in [-0.4, -0.2) is 50.9 Å². The number of hydrogen-bond acceptors (Lipinski definition) is 4. The first-order valence-electron chi connectivity index (χ1n) is 4.21. The van der Waals surface area contributed by atoms with Crippen molar-refractivity contribution in [1.82, 2.24) is 0 Å². The van der Waals surface area contributed by atoms with Gasteiger partial charge in [-0.15, -0.1) is 0 Å². The third-order valence-electron chi connectivity index (χ3n) is 1.44. The van der Waals surface area contributed by atoms with E-state index in [2.05, 4.69) is 6.92 Å². The monoisotopic (exact) mass is 195 g/mol. The van der Waals surface area contributed by atoms with E-state index < -0.39 is 25.4 Å². The van der Waals surface area contributed by atoms with Gasteiger partial charge in [0.1, 0.15) is 0 Å². The standard InChI is InChI=1S/C4H11NO3.C3H10Si/c5-4(1-6,2-7)3-8;1-2-3-4/h6-8H,1-3,5H2;2-3H2,1,4H3. The summed E-state index contributed by atoms with van der Waals surface area (Å²) in [5, 5.41) is 25.0.